The summed E-state index contributed by atoms with van der Waals surface area (Å²) in [5, 5.41) is 6.46. The molecule has 0 aromatic heterocycles. The number of fused-ring (bicyclic) bond motifs is 4. The van der Waals surface area contributed by atoms with E-state index < -0.39 is 0 Å². The molecule has 50 heavy (non-hydrogen) atoms. The van der Waals surface area contributed by atoms with E-state index in [9.17, 15) is 8.78 Å². The van der Waals surface area contributed by atoms with Crippen LogP contribution >= 0.6 is 0 Å². The molecule has 0 spiro atoms. The quantitative estimate of drug-likeness (QED) is 0.130. The Kier molecular flexibility index (Phi) is 11.0. The number of nitrogens with one attached hydrogen (secondary N) is 4. The maximum absolute atomic E-state index is 14.3. The van der Waals surface area contributed by atoms with Gasteiger partial charge in [-0.1, -0.05) is 48.5 Å². The summed E-state index contributed by atoms with van der Waals surface area (Å²) in [5.74, 6) is 1.99. The molecule has 0 unspecified atom stereocenters. The molecule has 2 aliphatic carbocycles. The van der Waals surface area contributed by atoms with Crippen LogP contribution in [0.25, 0.3) is 11.4 Å². The Balaban J connectivity index is 0.000000187. The molecular formula is C38H38Cl2F2N6O2. The van der Waals surface area contributed by atoms with Gasteiger partial charge in [-0.25, -0.2) is 19.4 Å². The third-order valence-corrected chi connectivity index (χ3v) is 9.39. The minimum absolute atomic E-state index is 0. The lowest BCUT2D eigenvalue weighted by Crippen LogP contribution is -3.00. The van der Waals surface area contributed by atoms with Crippen molar-refractivity contribution in [1.82, 2.24) is 10.6 Å². The smallest absolute Gasteiger partial charge is 0.346 e. The van der Waals surface area contributed by atoms with Crippen LogP contribution in [-0.2, 0) is 12.8 Å². The standard InChI is InChI=1S/2C19H18FN3O.2ClH/c2*1-24-12-8-6-11-7-9-14-17(13-4-2-3-5-16(13)20)22-19(21)23-18(14)15(11)10-12;;/h2*2-6,8,10,17H,7,9H2,1H3,(H3,21,22,23);2*1H/t2*17-;;/m10../s1. The van der Waals surface area contributed by atoms with Crippen molar-refractivity contribution in [2.24, 2.45) is 11.5 Å². The van der Waals surface area contributed by atoms with E-state index in [0.29, 0.717) is 23.0 Å². The van der Waals surface area contributed by atoms with E-state index in [4.69, 9.17) is 20.9 Å². The van der Waals surface area contributed by atoms with E-state index in [1.54, 1.807) is 38.5 Å². The zero-order valence-electron chi connectivity index (χ0n) is 27.5. The summed E-state index contributed by atoms with van der Waals surface area (Å²) in [6, 6.07) is 25.2. The summed E-state index contributed by atoms with van der Waals surface area (Å²) in [6.45, 7) is 0. The molecule has 260 valence electrons. The minimum Gasteiger partial charge on any atom is -1.00 e. The fourth-order valence-electron chi connectivity index (χ4n) is 7.05. The van der Waals surface area contributed by atoms with Crippen LogP contribution in [0.1, 0.15) is 58.3 Å². The molecule has 2 atom stereocenters. The Hall–Kier alpha value is -5.06. The second kappa shape index (κ2) is 15.2. The second-order valence-electron chi connectivity index (χ2n) is 12.1. The van der Waals surface area contributed by atoms with Gasteiger partial charge in [0.2, 0.25) is 0 Å². The Morgan fingerprint density at radius 3 is 1.38 bits per heavy atom. The Labute approximate surface area is 302 Å². The maximum atomic E-state index is 14.3. The largest absolute Gasteiger partial charge is 1.00 e. The van der Waals surface area contributed by atoms with Crippen molar-refractivity contribution >= 4 is 23.3 Å². The van der Waals surface area contributed by atoms with E-state index in [-0.39, 0.29) is 48.5 Å². The molecule has 0 bridgehead atoms. The lowest BCUT2D eigenvalue weighted by molar-refractivity contribution is -0.504. The SMILES string of the molecule is COc1ccc2c(c1)C1=C(CC2)[C@@H](c2ccccc2F)[NH+]=C(N)N1.COc1ccc2c(c1)C1=C(CC2)[C@H](c2ccccc2F)[NH+]=C(N)N1.[Cl-].[Cl-]. The highest BCUT2D eigenvalue weighted by molar-refractivity contribution is 5.90. The molecule has 8 rings (SSSR count). The van der Waals surface area contributed by atoms with Crippen molar-refractivity contribution < 1.29 is 53.1 Å². The van der Waals surface area contributed by atoms with Crippen LogP contribution in [0.4, 0.5) is 8.78 Å². The molecule has 4 aliphatic rings. The Morgan fingerprint density at radius 2 is 1.00 bits per heavy atom. The highest BCUT2D eigenvalue weighted by atomic mass is 35.5. The number of guanidine groups is 2. The van der Waals surface area contributed by atoms with Crippen LogP contribution in [-0.4, -0.2) is 26.1 Å². The van der Waals surface area contributed by atoms with E-state index >= 15 is 0 Å². The fourth-order valence-corrected chi connectivity index (χ4v) is 7.05. The van der Waals surface area contributed by atoms with E-state index in [1.165, 1.54) is 23.3 Å². The molecule has 0 saturated heterocycles. The molecule has 0 radical (unpaired) electrons. The van der Waals surface area contributed by atoms with Gasteiger partial charge in [-0.3, -0.25) is 21.5 Å². The van der Waals surface area contributed by atoms with Crippen molar-refractivity contribution in [2.45, 2.75) is 37.8 Å². The molecule has 2 heterocycles. The predicted molar refractivity (Wildman–Crippen MR) is 181 cm³/mol. The number of rotatable bonds is 4. The molecule has 0 saturated carbocycles. The Bertz CT molecular complexity index is 1900. The van der Waals surface area contributed by atoms with Crippen LogP contribution in [0.5, 0.6) is 11.5 Å². The molecule has 4 aromatic rings. The monoisotopic (exact) mass is 718 g/mol. The number of benzene rings is 4. The summed E-state index contributed by atoms with van der Waals surface area (Å²) in [5.41, 5.74) is 22.1. The van der Waals surface area contributed by atoms with Gasteiger partial charge in [0.25, 0.3) is 0 Å². The topological polar surface area (TPSA) is 122 Å². The molecular weight excluding hydrogens is 681 g/mol. The van der Waals surface area contributed by atoms with Gasteiger partial charge in [-0.15, -0.1) is 0 Å². The number of hydrogen-bond acceptors (Lipinski definition) is 6. The zero-order chi connectivity index (χ0) is 33.4. The van der Waals surface area contributed by atoms with Gasteiger partial charge in [-0.2, -0.15) is 0 Å². The van der Waals surface area contributed by atoms with Gasteiger partial charge in [0.1, 0.15) is 46.6 Å². The van der Waals surface area contributed by atoms with Crippen molar-refractivity contribution in [2.75, 3.05) is 14.2 Å². The summed E-state index contributed by atoms with van der Waals surface area (Å²) < 4.78 is 39.3. The van der Waals surface area contributed by atoms with Gasteiger partial charge in [0, 0.05) is 33.4 Å². The fraction of sp³-hybridized carbons (Fsp3) is 0.211. The molecule has 12 heteroatoms. The summed E-state index contributed by atoms with van der Waals surface area (Å²) >= 11 is 0. The van der Waals surface area contributed by atoms with E-state index in [2.05, 4.69) is 32.8 Å². The van der Waals surface area contributed by atoms with E-state index in [0.717, 1.165) is 70.8 Å². The van der Waals surface area contributed by atoms with Crippen molar-refractivity contribution in [3.8, 4) is 11.5 Å². The normalized spacial score (nSPS) is 18.3. The third-order valence-electron chi connectivity index (χ3n) is 9.39. The van der Waals surface area contributed by atoms with Gasteiger partial charge in [0.15, 0.2) is 0 Å². The van der Waals surface area contributed by atoms with Crippen LogP contribution in [0.15, 0.2) is 96.1 Å². The number of aryl methyl sites for hydroxylation is 2. The summed E-state index contributed by atoms with van der Waals surface area (Å²) in [7, 11) is 3.30. The predicted octanol–water partition coefficient (Wildman–Crippen LogP) is -3.53. The average Bonchev–Trinajstić information content (AvgIpc) is 3.11. The molecule has 4 aromatic carbocycles. The molecule has 0 fully saturated rings. The first-order valence-electron chi connectivity index (χ1n) is 16.0. The first kappa shape index (κ1) is 36.2. The number of methoxy groups -OCH3 is 2. The average molecular weight is 720 g/mol. The number of ether oxygens (including phenoxy) is 2. The highest BCUT2D eigenvalue weighted by Crippen LogP contribution is 2.39. The first-order chi connectivity index (χ1) is 23.3. The van der Waals surface area contributed by atoms with Crippen LogP contribution in [0, 0.1) is 11.6 Å². The van der Waals surface area contributed by atoms with Crippen LogP contribution in [0.3, 0.4) is 0 Å². The van der Waals surface area contributed by atoms with Crippen LogP contribution in [0.2, 0.25) is 0 Å². The zero-order valence-corrected chi connectivity index (χ0v) is 29.1. The maximum Gasteiger partial charge on any atom is 0.346 e. The van der Waals surface area contributed by atoms with Crippen molar-refractivity contribution in [1.29, 1.82) is 0 Å². The number of halogens is 4. The van der Waals surface area contributed by atoms with Gasteiger partial charge in [-0.05, 0) is 73.2 Å². The second-order valence-corrected chi connectivity index (χ2v) is 12.1. The number of nitrogens with two attached hydrogens (primary N) is 2. The van der Waals surface area contributed by atoms with Gasteiger partial charge < -0.3 is 34.3 Å². The van der Waals surface area contributed by atoms with Gasteiger partial charge >= 0.3 is 11.9 Å². The Morgan fingerprint density at radius 1 is 0.600 bits per heavy atom. The van der Waals surface area contributed by atoms with Crippen LogP contribution < -0.4 is 66.4 Å². The lowest BCUT2D eigenvalue weighted by Gasteiger charge is -2.29. The summed E-state index contributed by atoms with van der Waals surface area (Å²) in [6.07, 6.45) is 3.51. The van der Waals surface area contributed by atoms with E-state index in [1.807, 2.05) is 36.4 Å². The van der Waals surface area contributed by atoms with Crippen molar-refractivity contribution in [3.63, 3.8) is 0 Å². The lowest BCUT2D eigenvalue weighted by atomic mass is 9.83. The highest BCUT2D eigenvalue weighted by Gasteiger charge is 2.35. The molecule has 8 N–H and O–H groups in total. The minimum atomic E-state index is -0.262. The third kappa shape index (κ3) is 6.86. The first-order valence-corrected chi connectivity index (χ1v) is 16.0. The van der Waals surface area contributed by atoms with Gasteiger partial charge in [0.05, 0.1) is 14.2 Å². The molecule has 0 amide bonds. The molecule has 8 nitrogen and oxygen atoms in total. The van der Waals surface area contributed by atoms with Crippen molar-refractivity contribution in [3.05, 3.63) is 141 Å². The molecule has 2 aliphatic heterocycles. The number of hydrogen-bond donors (Lipinski definition) is 6. The summed E-state index contributed by atoms with van der Waals surface area (Å²) in [4.78, 5) is 6.37.